The van der Waals surface area contributed by atoms with Gasteiger partial charge in [0.15, 0.2) is 0 Å². The van der Waals surface area contributed by atoms with Gasteiger partial charge in [-0.1, -0.05) is 0 Å². The van der Waals surface area contributed by atoms with Crippen molar-refractivity contribution >= 4 is 23.5 Å². The molecule has 2 heterocycles. The summed E-state index contributed by atoms with van der Waals surface area (Å²) in [5.41, 5.74) is 1.29. The van der Waals surface area contributed by atoms with Crippen molar-refractivity contribution in [2.24, 2.45) is 0 Å². The molecule has 0 atom stereocenters. The van der Waals surface area contributed by atoms with E-state index in [1.807, 2.05) is 6.07 Å². The van der Waals surface area contributed by atoms with Gasteiger partial charge in [0.05, 0.1) is 0 Å². The van der Waals surface area contributed by atoms with E-state index in [0.29, 0.717) is 0 Å². The van der Waals surface area contributed by atoms with Crippen LogP contribution in [0.5, 0.6) is 0 Å². The molecule has 2 N–H and O–H groups in total. The smallest absolute Gasteiger partial charge is 0.139 e. The molecule has 0 unspecified atom stereocenters. The number of aromatic nitrogens is 2. The lowest BCUT2D eigenvalue weighted by Crippen LogP contribution is -2.43. The highest BCUT2D eigenvalue weighted by Crippen LogP contribution is 2.23. The lowest BCUT2D eigenvalue weighted by atomic mass is 10.2. The fourth-order valence-corrected chi connectivity index (χ4v) is 2.73. The Morgan fingerprint density at radius 3 is 2.60 bits per heavy atom. The van der Waals surface area contributed by atoms with Crippen LogP contribution >= 0.6 is 11.9 Å². The highest BCUT2D eigenvalue weighted by atomic mass is 32.2. The summed E-state index contributed by atoms with van der Waals surface area (Å²) in [5, 5.41) is 3.37. The molecule has 0 bridgehead atoms. The van der Waals surface area contributed by atoms with Gasteiger partial charge in [-0.3, -0.25) is 0 Å². The standard InChI is InChI=1S/C14H17N5S/c1-3-13(20-18-14-5-6-16-11-17-14)4-2-12(1)19-9-7-15-8-10-19/h1-6,11,15H,7-10H2,(H,16,17,18). The van der Waals surface area contributed by atoms with Gasteiger partial charge in [0.1, 0.15) is 12.1 Å². The maximum Gasteiger partial charge on any atom is 0.139 e. The van der Waals surface area contributed by atoms with Crippen LogP contribution in [0.4, 0.5) is 11.5 Å². The number of benzene rings is 1. The summed E-state index contributed by atoms with van der Waals surface area (Å²) in [6, 6.07) is 10.5. The summed E-state index contributed by atoms with van der Waals surface area (Å²) in [6.45, 7) is 4.27. The Hall–Kier alpha value is -1.79. The molecule has 0 aliphatic carbocycles. The first kappa shape index (κ1) is 13.2. The van der Waals surface area contributed by atoms with Crippen molar-refractivity contribution in [2.45, 2.75) is 4.90 Å². The van der Waals surface area contributed by atoms with Crippen LogP contribution < -0.4 is 14.9 Å². The first-order valence-corrected chi connectivity index (χ1v) is 7.48. The van der Waals surface area contributed by atoms with E-state index in [0.717, 1.165) is 32.0 Å². The zero-order valence-corrected chi connectivity index (χ0v) is 11.9. The molecular formula is C14H17N5S. The number of anilines is 2. The summed E-state index contributed by atoms with van der Waals surface area (Å²) in [7, 11) is 0. The molecule has 0 amide bonds. The lowest BCUT2D eigenvalue weighted by molar-refractivity contribution is 0.589. The van der Waals surface area contributed by atoms with Crippen molar-refractivity contribution in [3.8, 4) is 0 Å². The van der Waals surface area contributed by atoms with Crippen molar-refractivity contribution in [2.75, 3.05) is 35.8 Å². The Morgan fingerprint density at radius 1 is 1.10 bits per heavy atom. The van der Waals surface area contributed by atoms with Gasteiger partial charge >= 0.3 is 0 Å². The second kappa shape index (κ2) is 6.58. The van der Waals surface area contributed by atoms with Crippen molar-refractivity contribution in [1.29, 1.82) is 0 Å². The van der Waals surface area contributed by atoms with Crippen LogP contribution in [0, 0.1) is 0 Å². The largest absolute Gasteiger partial charge is 0.369 e. The minimum absolute atomic E-state index is 0.816. The summed E-state index contributed by atoms with van der Waals surface area (Å²) in [4.78, 5) is 11.6. The summed E-state index contributed by atoms with van der Waals surface area (Å²) in [6.07, 6.45) is 3.26. The highest BCUT2D eigenvalue weighted by molar-refractivity contribution is 8.00. The second-order valence-corrected chi connectivity index (χ2v) is 5.41. The molecular weight excluding hydrogens is 270 g/mol. The molecule has 3 rings (SSSR count). The maximum absolute atomic E-state index is 4.13. The van der Waals surface area contributed by atoms with E-state index in [1.165, 1.54) is 16.9 Å². The normalized spacial score (nSPS) is 15.1. The minimum atomic E-state index is 0.816. The van der Waals surface area contributed by atoms with Gasteiger partial charge in [0.25, 0.3) is 0 Å². The molecule has 1 aromatic heterocycles. The van der Waals surface area contributed by atoms with Gasteiger partial charge in [0.2, 0.25) is 0 Å². The summed E-state index contributed by atoms with van der Waals surface area (Å²) in [5.74, 6) is 0.816. The Balaban J connectivity index is 1.58. The molecule has 0 saturated carbocycles. The van der Waals surface area contributed by atoms with Gasteiger partial charge in [-0.15, -0.1) is 0 Å². The molecule has 2 aromatic rings. The van der Waals surface area contributed by atoms with Gasteiger partial charge < -0.3 is 14.9 Å². The average molecular weight is 287 g/mol. The third-order valence-electron chi connectivity index (χ3n) is 3.17. The Bertz CT molecular complexity index is 525. The van der Waals surface area contributed by atoms with Gasteiger partial charge in [-0.25, -0.2) is 9.97 Å². The van der Waals surface area contributed by atoms with Crippen molar-refractivity contribution in [3.05, 3.63) is 42.9 Å². The SMILES string of the molecule is c1cc(NSc2ccc(N3CCNCC3)cc2)ncn1. The number of piperazine rings is 1. The summed E-state index contributed by atoms with van der Waals surface area (Å²) < 4.78 is 3.20. The molecule has 1 aliphatic rings. The molecule has 0 spiro atoms. The van der Waals surface area contributed by atoms with E-state index >= 15 is 0 Å². The van der Waals surface area contributed by atoms with Crippen LogP contribution in [0.1, 0.15) is 0 Å². The fourth-order valence-electron chi connectivity index (χ4n) is 2.11. The number of hydrogen-bond donors (Lipinski definition) is 2. The quantitative estimate of drug-likeness (QED) is 0.839. The van der Waals surface area contributed by atoms with Crippen LogP contribution in [-0.4, -0.2) is 36.1 Å². The first-order valence-electron chi connectivity index (χ1n) is 6.66. The second-order valence-electron chi connectivity index (χ2n) is 4.53. The molecule has 1 aromatic carbocycles. The summed E-state index contributed by atoms with van der Waals surface area (Å²) >= 11 is 1.56. The number of hydrogen-bond acceptors (Lipinski definition) is 6. The zero-order valence-electron chi connectivity index (χ0n) is 11.1. The lowest BCUT2D eigenvalue weighted by Gasteiger charge is -2.29. The van der Waals surface area contributed by atoms with Crippen molar-refractivity contribution < 1.29 is 0 Å². The monoisotopic (exact) mass is 287 g/mol. The Labute approximate surface area is 122 Å². The molecule has 104 valence electrons. The van der Waals surface area contributed by atoms with Crippen molar-refractivity contribution in [3.63, 3.8) is 0 Å². The number of nitrogens with zero attached hydrogens (tertiary/aromatic N) is 3. The molecule has 5 nitrogen and oxygen atoms in total. The van der Waals surface area contributed by atoms with E-state index in [-0.39, 0.29) is 0 Å². The highest BCUT2D eigenvalue weighted by Gasteiger charge is 2.09. The topological polar surface area (TPSA) is 53.1 Å². The molecule has 1 saturated heterocycles. The van der Waals surface area contributed by atoms with Crippen LogP contribution in [0.3, 0.4) is 0 Å². The van der Waals surface area contributed by atoms with Crippen LogP contribution in [0.25, 0.3) is 0 Å². The van der Waals surface area contributed by atoms with E-state index in [4.69, 9.17) is 0 Å². The van der Waals surface area contributed by atoms with Crippen molar-refractivity contribution in [1.82, 2.24) is 15.3 Å². The van der Waals surface area contributed by atoms with Gasteiger partial charge in [-0.05, 0) is 42.3 Å². The van der Waals surface area contributed by atoms with Gasteiger partial charge in [0, 0.05) is 43.0 Å². The molecule has 6 heteroatoms. The van der Waals surface area contributed by atoms with Crippen LogP contribution in [-0.2, 0) is 0 Å². The third kappa shape index (κ3) is 3.40. The fraction of sp³-hybridized carbons (Fsp3) is 0.286. The van der Waals surface area contributed by atoms with E-state index in [9.17, 15) is 0 Å². The van der Waals surface area contributed by atoms with Crippen LogP contribution in [0.15, 0.2) is 47.8 Å². The zero-order chi connectivity index (χ0) is 13.6. The third-order valence-corrected chi connectivity index (χ3v) is 3.99. The van der Waals surface area contributed by atoms with Crippen LogP contribution in [0.2, 0.25) is 0 Å². The van der Waals surface area contributed by atoms with Gasteiger partial charge in [-0.2, -0.15) is 0 Å². The average Bonchev–Trinajstić information content (AvgIpc) is 2.55. The molecule has 1 aliphatic heterocycles. The molecule has 0 radical (unpaired) electrons. The predicted molar refractivity (Wildman–Crippen MR) is 83.0 cm³/mol. The Kier molecular flexibility index (Phi) is 4.35. The Morgan fingerprint density at radius 2 is 1.90 bits per heavy atom. The molecule has 1 fully saturated rings. The minimum Gasteiger partial charge on any atom is -0.369 e. The number of nitrogens with one attached hydrogen (secondary N) is 2. The van der Waals surface area contributed by atoms with E-state index in [1.54, 1.807) is 18.1 Å². The van der Waals surface area contributed by atoms with E-state index < -0.39 is 0 Å². The number of rotatable bonds is 4. The van der Waals surface area contributed by atoms with E-state index in [2.05, 4.69) is 49.2 Å². The predicted octanol–water partition coefficient (Wildman–Crippen LogP) is 2.01. The first-order chi connectivity index (χ1) is 9.92. The maximum atomic E-state index is 4.13. The molecule has 20 heavy (non-hydrogen) atoms.